The van der Waals surface area contributed by atoms with Gasteiger partial charge in [0, 0.05) is 30.8 Å². The van der Waals surface area contributed by atoms with Gasteiger partial charge in [-0.25, -0.2) is 4.39 Å². The zero-order chi connectivity index (χ0) is 11.4. The molecule has 0 N–H and O–H groups in total. The molecule has 86 valence electrons. The van der Waals surface area contributed by atoms with Crippen LogP contribution in [0.5, 0.6) is 0 Å². The molecule has 0 radical (unpaired) electrons. The predicted octanol–water partition coefficient (Wildman–Crippen LogP) is 1.47. The minimum Gasteiger partial charge on any atom is -0.379 e. The Labute approximate surface area is 93.8 Å². The lowest BCUT2D eigenvalue weighted by Gasteiger charge is -2.26. The van der Waals surface area contributed by atoms with Crippen LogP contribution in [0.1, 0.15) is 15.9 Å². The van der Waals surface area contributed by atoms with Crippen molar-refractivity contribution in [3.05, 3.63) is 35.1 Å². The van der Waals surface area contributed by atoms with Crippen molar-refractivity contribution in [2.24, 2.45) is 0 Å². The third-order valence-electron chi connectivity index (χ3n) is 2.70. The van der Waals surface area contributed by atoms with Crippen molar-refractivity contribution in [2.75, 3.05) is 26.3 Å². The number of hydrogen-bond donors (Lipinski definition) is 0. The van der Waals surface area contributed by atoms with Crippen LogP contribution in [-0.4, -0.2) is 37.5 Å². The highest BCUT2D eigenvalue weighted by Crippen LogP contribution is 2.13. The Bertz CT molecular complexity index is 375. The molecule has 1 saturated heterocycles. The summed E-state index contributed by atoms with van der Waals surface area (Å²) in [7, 11) is 0. The Kier molecular flexibility index (Phi) is 3.64. The van der Waals surface area contributed by atoms with Crippen LogP contribution in [0.15, 0.2) is 18.2 Å². The van der Waals surface area contributed by atoms with Crippen LogP contribution < -0.4 is 0 Å². The minimum absolute atomic E-state index is 0.253. The maximum absolute atomic E-state index is 13.5. The number of hydrogen-bond acceptors (Lipinski definition) is 3. The number of halogens is 1. The van der Waals surface area contributed by atoms with Gasteiger partial charge in [0.2, 0.25) is 0 Å². The average Bonchev–Trinajstić information content (AvgIpc) is 2.33. The van der Waals surface area contributed by atoms with Gasteiger partial charge < -0.3 is 4.74 Å². The summed E-state index contributed by atoms with van der Waals surface area (Å²) < 4.78 is 18.7. The summed E-state index contributed by atoms with van der Waals surface area (Å²) in [6, 6.07) is 4.45. The maximum Gasteiger partial charge on any atom is 0.150 e. The van der Waals surface area contributed by atoms with Crippen molar-refractivity contribution in [1.82, 2.24) is 4.90 Å². The monoisotopic (exact) mass is 223 g/mol. The van der Waals surface area contributed by atoms with Crippen molar-refractivity contribution in [2.45, 2.75) is 6.54 Å². The molecule has 0 aromatic heterocycles. The number of aldehydes is 1. The molecule has 0 atom stereocenters. The second-order valence-corrected chi connectivity index (χ2v) is 3.86. The molecular weight excluding hydrogens is 209 g/mol. The number of nitrogens with zero attached hydrogens (tertiary/aromatic N) is 1. The highest BCUT2D eigenvalue weighted by Gasteiger charge is 2.13. The quantitative estimate of drug-likeness (QED) is 0.727. The van der Waals surface area contributed by atoms with Gasteiger partial charge in [0.05, 0.1) is 13.2 Å². The zero-order valence-electron chi connectivity index (χ0n) is 8.99. The van der Waals surface area contributed by atoms with Gasteiger partial charge >= 0.3 is 0 Å². The minimum atomic E-state index is -0.253. The number of morpholine rings is 1. The fourth-order valence-electron chi connectivity index (χ4n) is 1.79. The lowest BCUT2D eigenvalue weighted by molar-refractivity contribution is 0.0337. The van der Waals surface area contributed by atoms with Gasteiger partial charge in [0.15, 0.2) is 0 Å². The standard InChI is InChI=1S/C12H14FNO2/c13-12-2-1-10(9-15)7-11(12)8-14-3-5-16-6-4-14/h1-2,7,9H,3-6,8H2. The Morgan fingerprint density at radius 2 is 2.12 bits per heavy atom. The second kappa shape index (κ2) is 5.18. The van der Waals surface area contributed by atoms with E-state index in [0.717, 1.165) is 19.4 Å². The molecule has 1 aromatic rings. The molecule has 4 heteroatoms. The number of rotatable bonds is 3. The van der Waals surface area contributed by atoms with E-state index in [2.05, 4.69) is 4.90 Å². The molecule has 0 bridgehead atoms. The van der Waals surface area contributed by atoms with Crippen LogP contribution >= 0.6 is 0 Å². The van der Waals surface area contributed by atoms with E-state index in [0.29, 0.717) is 30.9 Å². The Morgan fingerprint density at radius 1 is 1.38 bits per heavy atom. The second-order valence-electron chi connectivity index (χ2n) is 3.86. The lowest BCUT2D eigenvalue weighted by Crippen LogP contribution is -2.35. The molecule has 1 aliphatic rings. The molecule has 1 aliphatic heterocycles. The molecule has 1 heterocycles. The lowest BCUT2D eigenvalue weighted by atomic mass is 10.1. The van der Waals surface area contributed by atoms with Gasteiger partial charge in [-0.05, 0) is 18.2 Å². The summed E-state index contributed by atoms with van der Waals surface area (Å²) in [5.74, 6) is -0.253. The first-order valence-corrected chi connectivity index (χ1v) is 5.33. The fraction of sp³-hybridized carbons (Fsp3) is 0.417. The Hall–Kier alpha value is -1.26. The van der Waals surface area contributed by atoms with Crippen LogP contribution in [0.25, 0.3) is 0 Å². The van der Waals surface area contributed by atoms with Gasteiger partial charge in [-0.3, -0.25) is 9.69 Å². The first-order chi connectivity index (χ1) is 7.79. The maximum atomic E-state index is 13.5. The topological polar surface area (TPSA) is 29.5 Å². The highest BCUT2D eigenvalue weighted by atomic mass is 19.1. The van der Waals surface area contributed by atoms with Crippen LogP contribution in [0.2, 0.25) is 0 Å². The first-order valence-electron chi connectivity index (χ1n) is 5.33. The zero-order valence-corrected chi connectivity index (χ0v) is 8.99. The summed E-state index contributed by atoms with van der Waals surface area (Å²) in [5.41, 5.74) is 1.09. The smallest absolute Gasteiger partial charge is 0.150 e. The van der Waals surface area contributed by atoms with Gasteiger partial charge in [0.1, 0.15) is 12.1 Å². The van der Waals surface area contributed by atoms with E-state index < -0.39 is 0 Å². The molecule has 16 heavy (non-hydrogen) atoms. The third-order valence-corrected chi connectivity index (χ3v) is 2.70. The third kappa shape index (κ3) is 2.65. The van der Waals surface area contributed by atoms with Crippen molar-refractivity contribution < 1.29 is 13.9 Å². The van der Waals surface area contributed by atoms with E-state index in [1.165, 1.54) is 12.1 Å². The van der Waals surface area contributed by atoms with E-state index in [4.69, 9.17) is 4.74 Å². The van der Waals surface area contributed by atoms with Crippen molar-refractivity contribution in [3.8, 4) is 0 Å². The summed E-state index contributed by atoms with van der Waals surface area (Å²) in [6.07, 6.45) is 0.738. The summed E-state index contributed by atoms with van der Waals surface area (Å²) in [6.45, 7) is 3.54. The SMILES string of the molecule is O=Cc1ccc(F)c(CN2CCOCC2)c1. The van der Waals surface area contributed by atoms with Crippen molar-refractivity contribution in [3.63, 3.8) is 0 Å². The van der Waals surface area contributed by atoms with E-state index >= 15 is 0 Å². The number of benzene rings is 1. The summed E-state index contributed by atoms with van der Waals surface area (Å²) in [5, 5.41) is 0. The van der Waals surface area contributed by atoms with E-state index in [1.54, 1.807) is 6.07 Å². The predicted molar refractivity (Wildman–Crippen MR) is 57.9 cm³/mol. The molecule has 0 amide bonds. The number of carbonyl (C=O) groups excluding carboxylic acids is 1. The Balaban J connectivity index is 2.09. The van der Waals surface area contributed by atoms with Gasteiger partial charge in [0.25, 0.3) is 0 Å². The fourth-order valence-corrected chi connectivity index (χ4v) is 1.79. The van der Waals surface area contributed by atoms with Crippen molar-refractivity contribution >= 4 is 6.29 Å². The van der Waals surface area contributed by atoms with Crippen LogP contribution in [-0.2, 0) is 11.3 Å². The Morgan fingerprint density at radius 3 is 2.81 bits per heavy atom. The molecule has 0 unspecified atom stereocenters. The number of carbonyl (C=O) groups is 1. The van der Waals surface area contributed by atoms with Gasteiger partial charge in [-0.1, -0.05) is 0 Å². The first kappa shape index (κ1) is 11.2. The van der Waals surface area contributed by atoms with Crippen molar-refractivity contribution in [1.29, 1.82) is 0 Å². The summed E-state index contributed by atoms with van der Waals surface area (Å²) in [4.78, 5) is 12.7. The molecule has 0 spiro atoms. The number of ether oxygens (including phenoxy) is 1. The van der Waals surface area contributed by atoms with E-state index in [9.17, 15) is 9.18 Å². The normalized spacial score (nSPS) is 17.3. The van der Waals surface area contributed by atoms with Crippen LogP contribution in [0.4, 0.5) is 4.39 Å². The molecule has 0 saturated carbocycles. The van der Waals surface area contributed by atoms with Crippen LogP contribution in [0, 0.1) is 5.82 Å². The largest absolute Gasteiger partial charge is 0.379 e. The molecule has 0 aliphatic carbocycles. The molecule has 1 aromatic carbocycles. The average molecular weight is 223 g/mol. The molecule has 3 nitrogen and oxygen atoms in total. The van der Waals surface area contributed by atoms with Crippen LogP contribution in [0.3, 0.4) is 0 Å². The summed E-state index contributed by atoms with van der Waals surface area (Å²) >= 11 is 0. The molecule has 1 fully saturated rings. The van der Waals surface area contributed by atoms with E-state index in [1.807, 2.05) is 0 Å². The highest BCUT2D eigenvalue weighted by molar-refractivity contribution is 5.74. The van der Waals surface area contributed by atoms with Gasteiger partial charge in [-0.15, -0.1) is 0 Å². The van der Waals surface area contributed by atoms with E-state index in [-0.39, 0.29) is 5.82 Å². The van der Waals surface area contributed by atoms with Gasteiger partial charge in [-0.2, -0.15) is 0 Å². The molecular formula is C12H14FNO2. The molecule has 2 rings (SSSR count).